The molecule has 0 spiro atoms. The van der Waals surface area contributed by atoms with E-state index in [0.29, 0.717) is 5.69 Å². The molecule has 0 aliphatic heterocycles. The first-order valence-corrected chi connectivity index (χ1v) is 7.66. The molecule has 2 amide bonds. The Morgan fingerprint density at radius 3 is 2.09 bits per heavy atom. The van der Waals surface area contributed by atoms with Crippen molar-refractivity contribution in [2.24, 2.45) is 5.92 Å². The molecule has 1 aliphatic rings. The number of hydrogen-bond acceptors (Lipinski definition) is 2. The van der Waals surface area contributed by atoms with Gasteiger partial charge in [0.2, 0.25) is 11.8 Å². The second-order valence-corrected chi connectivity index (χ2v) is 5.57. The second kappa shape index (κ2) is 6.92. The van der Waals surface area contributed by atoms with Crippen molar-refractivity contribution < 1.29 is 9.59 Å². The average Bonchev–Trinajstić information content (AvgIpc) is 3.41. The largest absolute Gasteiger partial charge is 0.326 e. The van der Waals surface area contributed by atoms with Crippen molar-refractivity contribution in [3.05, 3.63) is 66.2 Å². The standard InChI is InChI=1S/C19H18N2O2/c22-18(13-6-14-4-2-1-3-5-14)20-16-9-11-17(12-10-16)21-19(23)15-7-8-15/h1-6,9-13,15H,7-8H2,(H,20,22)(H,21,23)/b13-6+. The number of carbonyl (C=O) groups excluding carboxylic acids is 2. The van der Waals surface area contributed by atoms with Crippen LogP contribution in [-0.4, -0.2) is 11.8 Å². The molecule has 4 nitrogen and oxygen atoms in total. The van der Waals surface area contributed by atoms with Gasteiger partial charge < -0.3 is 10.6 Å². The van der Waals surface area contributed by atoms with Gasteiger partial charge in [0.05, 0.1) is 0 Å². The van der Waals surface area contributed by atoms with Crippen LogP contribution in [0, 0.1) is 5.92 Å². The van der Waals surface area contributed by atoms with Gasteiger partial charge in [-0.25, -0.2) is 0 Å². The Morgan fingerprint density at radius 1 is 0.870 bits per heavy atom. The molecule has 2 aromatic carbocycles. The topological polar surface area (TPSA) is 58.2 Å². The van der Waals surface area contributed by atoms with Crippen LogP contribution in [0.2, 0.25) is 0 Å². The Balaban J connectivity index is 1.54. The number of anilines is 2. The zero-order valence-corrected chi connectivity index (χ0v) is 12.7. The van der Waals surface area contributed by atoms with E-state index in [0.717, 1.165) is 24.1 Å². The van der Waals surface area contributed by atoms with E-state index in [1.54, 1.807) is 30.3 Å². The van der Waals surface area contributed by atoms with Crippen LogP contribution >= 0.6 is 0 Å². The smallest absolute Gasteiger partial charge is 0.248 e. The summed E-state index contributed by atoms with van der Waals surface area (Å²) in [5.41, 5.74) is 2.41. The van der Waals surface area contributed by atoms with E-state index in [1.807, 2.05) is 30.3 Å². The van der Waals surface area contributed by atoms with E-state index in [2.05, 4.69) is 10.6 Å². The summed E-state index contributed by atoms with van der Waals surface area (Å²) >= 11 is 0. The molecule has 3 rings (SSSR count). The second-order valence-electron chi connectivity index (χ2n) is 5.57. The Hall–Kier alpha value is -2.88. The number of nitrogens with one attached hydrogen (secondary N) is 2. The lowest BCUT2D eigenvalue weighted by molar-refractivity contribution is -0.117. The third-order valence-electron chi connectivity index (χ3n) is 3.59. The van der Waals surface area contributed by atoms with Crippen LogP contribution in [-0.2, 0) is 9.59 Å². The van der Waals surface area contributed by atoms with Crippen LogP contribution in [0.1, 0.15) is 18.4 Å². The molecule has 1 aliphatic carbocycles. The predicted octanol–water partition coefficient (Wildman–Crippen LogP) is 3.69. The molecule has 0 bridgehead atoms. The molecule has 116 valence electrons. The Kier molecular flexibility index (Phi) is 4.52. The van der Waals surface area contributed by atoms with Gasteiger partial charge in [0, 0.05) is 23.4 Å². The van der Waals surface area contributed by atoms with Crippen molar-refractivity contribution in [2.45, 2.75) is 12.8 Å². The van der Waals surface area contributed by atoms with Crippen molar-refractivity contribution >= 4 is 29.3 Å². The fourth-order valence-corrected chi connectivity index (χ4v) is 2.15. The molecule has 0 radical (unpaired) electrons. The maximum atomic E-state index is 11.9. The highest BCUT2D eigenvalue weighted by Gasteiger charge is 2.29. The molecule has 0 aromatic heterocycles. The summed E-state index contributed by atoms with van der Waals surface area (Å²) in [4.78, 5) is 23.5. The lowest BCUT2D eigenvalue weighted by Crippen LogP contribution is -2.13. The fraction of sp³-hybridized carbons (Fsp3) is 0.158. The van der Waals surface area contributed by atoms with Gasteiger partial charge in [-0.15, -0.1) is 0 Å². The normalized spacial score (nSPS) is 13.7. The van der Waals surface area contributed by atoms with Crippen molar-refractivity contribution in [1.29, 1.82) is 0 Å². The summed E-state index contributed by atoms with van der Waals surface area (Å²) in [6.45, 7) is 0. The highest BCUT2D eigenvalue weighted by Crippen LogP contribution is 2.30. The maximum absolute atomic E-state index is 11.9. The molecule has 2 N–H and O–H groups in total. The van der Waals surface area contributed by atoms with E-state index < -0.39 is 0 Å². The lowest BCUT2D eigenvalue weighted by atomic mass is 10.2. The first-order chi connectivity index (χ1) is 11.2. The van der Waals surface area contributed by atoms with Gasteiger partial charge in [-0.2, -0.15) is 0 Å². The zero-order chi connectivity index (χ0) is 16.1. The lowest BCUT2D eigenvalue weighted by Gasteiger charge is -2.06. The number of rotatable bonds is 5. The Morgan fingerprint density at radius 2 is 1.48 bits per heavy atom. The average molecular weight is 306 g/mol. The molecule has 0 heterocycles. The molecular formula is C19H18N2O2. The summed E-state index contributed by atoms with van der Waals surface area (Å²) in [7, 11) is 0. The van der Waals surface area contributed by atoms with Crippen molar-refractivity contribution in [2.75, 3.05) is 10.6 Å². The molecular weight excluding hydrogens is 288 g/mol. The first-order valence-electron chi connectivity index (χ1n) is 7.66. The van der Waals surface area contributed by atoms with Gasteiger partial charge in [-0.3, -0.25) is 9.59 Å². The third-order valence-corrected chi connectivity index (χ3v) is 3.59. The van der Waals surface area contributed by atoms with Crippen LogP contribution in [0.4, 0.5) is 11.4 Å². The minimum atomic E-state index is -0.191. The number of amides is 2. The van der Waals surface area contributed by atoms with Gasteiger partial charge >= 0.3 is 0 Å². The predicted molar refractivity (Wildman–Crippen MR) is 91.9 cm³/mol. The van der Waals surface area contributed by atoms with Crippen LogP contribution in [0.25, 0.3) is 6.08 Å². The minimum absolute atomic E-state index is 0.0765. The number of hydrogen-bond donors (Lipinski definition) is 2. The maximum Gasteiger partial charge on any atom is 0.248 e. The molecule has 1 saturated carbocycles. The molecule has 1 fully saturated rings. The van der Waals surface area contributed by atoms with Gasteiger partial charge in [0.25, 0.3) is 0 Å². The molecule has 0 unspecified atom stereocenters. The molecule has 4 heteroatoms. The van der Waals surface area contributed by atoms with Crippen molar-refractivity contribution in [3.8, 4) is 0 Å². The van der Waals surface area contributed by atoms with Crippen LogP contribution < -0.4 is 10.6 Å². The summed E-state index contributed by atoms with van der Waals surface area (Å²) in [5.74, 6) is 0.0636. The first kappa shape index (κ1) is 15.0. The molecule has 0 saturated heterocycles. The van der Waals surface area contributed by atoms with E-state index >= 15 is 0 Å². The van der Waals surface area contributed by atoms with E-state index in [-0.39, 0.29) is 17.7 Å². The SMILES string of the molecule is O=C(/C=C/c1ccccc1)Nc1ccc(NC(=O)C2CC2)cc1. The molecule has 2 aromatic rings. The Labute approximate surface area is 135 Å². The van der Waals surface area contributed by atoms with Crippen molar-refractivity contribution in [3.63, 3.8) is 0 Å². The van der Waals surface area contributed by atoms with E-state index in [1.165, 1.54) is 6.08 Å². The van der Waals surface area contributed by atoms with Gasteiger partial charge in [-0.1, -0.05) is 30.3 Å². The molecule has 0 atom stereocenters. The summed E-state index contributed by atoms with van der Waals surface area (Å²) in [5, 5.41) is 5.65. The zero-order valence-electron chi connectivity index (χ0n) is 12.7. The van der Waals surface area contributed by atoms with Gasteiger partial charge in [0.1, 0.15) is 0 Å². The van der Waals surface area contributed by atoms with Crippen LogP contribution in [0.15, 0.2) is 60.7 Å². The quantitative estimate of drug-likeness (QED) is 0.828. The molecule has 23 heavy (non-hydrogen) atoms. The fourth-order valence-electron chi connectivity index (χ4n) is 2.15. The third kappa shape index (κ3) is 4.54. The number of carbonyl (C=O) groups is 2. The van der Waals surface area contributed by atoms with E-state index in [9.17, 15) is 9.59 Å². The van der Waals surface area contributed by atoms with E-state index in [4.69, 9.17) is 0 Å². The minimum Gasteiger partial charge on any atom is -0.326 e. The summed E-state index contributed by atoms with van der Waals surface area (Å²) in [6.07, 6.45) is 5.22. The van der Waals surface area contributed by atoms with Crippen LogP contribution in [0.5, 0.6) is 0 Å². The highest BCUT2D eigenvalue weighted by atomic mass is 16.2. The van der Waals surface area contributed by atoms with Gasteiger partial charge in [0.15, 0.2) is 0 Å². The Bertz CT molecular complexity index is 717. The monoisotopic (exact) mass is 306 g/mol. The number of benzene rings is 2. The summed E-state index contributed by atoms with van der Waals surface area (Å²) in [6, 6.07) is 16.8. The van der Waals surface area contributed by atoms with Crippen molar-refractivity contribution in [1.82, 2.24) is 0 Å². The highest BCUT2D eigenvalue weighted by molar-refractivity contribution is 6.02. The van der Waals surface area contributed by atoms with Crippen LogP contribution in [0.3, 0.4) is 0 Å². The summed E-state index contributed by atoms with van der Waals surface area (Å²) < 4.78 is 0. The van der Waals surface area contributed by atoms with Gasteiger partial charge in [-0.05, 0) is 48.7 Å².